The second-order valence-corrected chi connectivity index (χ2v) is 6.43. The number of benzene rings is 1. The van der Waals surface area contributed by atoms with Crippen LogP contribution in [-0.4, -0.2) is 5.78 Å². The Bertz CT molecular complexity index is 466. The summed E-state index contributed by atoms with van der Waals surface area (Å²) in [5.41, 5.74) is -0.0781. The summed E-state index contributed by atoms with van der Waals surface area (Å²) in [6, 6.07) is 1.15. The van der Waals surface area contributed by atoms with Crippen LogP contribution in [0, 0.1) is 0 Å². The minimum atomic E-state index is -9.67. The topological polar surface area (TPSA) is 17.1 Å². The Morgan fingerprint density at radius 3 is 2.00 bits per heavy atom. The minimum Gasteiger partial charge on any atom is -0.294 e. The van der Waals surface area contributed by atoms with Crippen LogP contribution in [0.2, 0.25) is 0 Å². The van der Waals surface area contributed by atoms with Crippen LogP contribution in [0.3, 0.4) is 0 Å². The van der Waals surface area contributed by atoms with Crippen LogP contribution in [-0.2, 0) is 0 Å². The molecule has 1 nitrogen and oxygen atoms in total. The number of carbonyl (C=O) groups is 1. The lowest BCUT2D eigenvalue weighted by atomic mass is 10.2. The van der Waals surface area contributed by atoms with Crippen LogP contribution < -0.4 is 0 Å². The Morgan fingerprint density at radius 2 is 1.69 bits per heavy atom. The average Bonchev–Trinajstić information content (AvgIpc) is 1.98. The molecule has 0 aliphatic carbocycles. The summed E-state index contributed by atoms with van der Waals surface area (Å²) in [5, 5.41) is 0. The van der Waals surface area contributed by atoms with Crippen molar-refractivity contribution in [1.29, 1.82) is 0 Å². The summed E-state index contributed by atoms with van der Waals surface area (Å²) in [4.78, 5) is 8.88. The highest BCUT2D eigenvalue weighted by molar-refractivity contribution is 9.10. The van der Waals surface area contributed by atoms with Crippen molar-refractivity contribution in [2.45, 2.75) is 11.8 Å². The molecular formula is C8H6BrF5OS. The van der Waals surface area contributed by atoms with Gasteiger partial charge in [0.15, 0.2) is 5.78 Å². The first-order valence-electron chi connectivity index (χ1n) is 3.86. The zero-order chi connectivity index (χ0) is 12.8. The molecule has 1 rings (SSSR count). The van der Waals surface area contributed by atoms with Crippen LogP contribution in [0.4, 0.5) is 19.4 Å². The van der Waals surface area contributed by atoms with Crippen molar-refractivity contribution in [1.82, 2.24) is 0 Å². The van der Waals surface area contributed by atoms with Gasteiger partial charge in [0.05, 0.1) is 0 Å². The smallest absolute Gasteiger partial charge is 0.294 e. The van der Waals surface area contributed by atoms with Gasteiger partial charge in [0.2, 0.25) is 0 Å². The second-order valence-electron chi connectivity index (χ2n) is 3.17. The molecular weight excluding hydrogens is 319 g/mol. The van der Waals surface area contributed by atoms with Crippen molar-refractivity contribution in [3.05, 3.63) is 28.2 Å². The lowest BCUT2D eigenvalue weighted by Gasteiger charge is -2.40. The van der Waals surface area contributed by atoms with Crippen molar-refractivity contribution in [3.8, 4) is 0 Å². The maximum atomic E-state index is 12.4. The first-order valence-corrected chi connectivity index (χ1v) is 6.60. The quantitative estimate of drug-likeness (QED) is 0.532. The molecule has 0 spiro atoms. The lowest BCUT2D eigenvalue weighted by molar-refractivity contribution is 0.101. The first-order chi connectivity index (χ1) is 6.81. The van der Waals surface area contributed by atoms with Crippen molar-refractivity contribution in [2.75, 3.05) is 0 Å². The van der Waals surface area contributed by atoms with Gasteiger partial charge < -0.3 is 0 Å². The molecule has 0 amide bonds. The summed E-state index contributed by atoms with van der Waals surface area (Å²) in [7, 11) is -9.67. The Hall–Kier alpha value is -0.630. The highest BCUT2D eigenvalue weighted by Gasteiger charge is 2.65. The third-order valence-electron chi connectivity index (χ3n) is 1.77. The number of carbonyl (C=O) groups excluding carboxylic acids is 1. The Balaban J connectivity index is 3.45. The Labute approximate surface area is 96.5 Å². The molecule has 1 aromatic rings. The zero-order valence-corrected chi connectivity index (χ0v) is 10.2. The molecule has 92 valence electrons. The molecule has 16 heavy (non-hydrogen) atoms. The number of halogens is 6. The van der Waals surface area contributed by atoms with Gasteiger partial charge in [0.25, 0.3) is 0 Å². The molecule has 1 aromatic carbocycles. The van der Waals surface area contributed by atoms with E-state index in [0.29, 0.717) is 0 Å². The van der Waals surface area contributed by atoms with Gasteiger partial charge in [0.1, 0.15) is 4.90 Å². The number of hydrogen-bond donors (Lipinski definition) is 0. The maximum absolute atomic E-state index is 12.4. The number of hydrogen-bond acceptors (Lipinski definition) is 1. The third-order valence-corrected chi connectivity index (χ3v) is 3.57. The fourth-order valence-corrected chi connectivity index (χ4v) is 2.50. The zero-order valence-electron chi connectivity index (χ0n) is 7.82. The van der Waals surface area contributed by atoms with Gasteiger partial charge in [-0.2, -0.15) is 0 Å². The van der Waals surface area contributed by atoms with E-state index in [1.54, 1.807) is 0 Å². The summed E-state index contributed by atoms with van der Waals surface area (Å²) in [6.45, 7) is 1.12. The van der Waals surface area contributed by atoms with Gasteiger partial charge in [-0.25, -0.2) is 0 Å². The predicted molar refractivity (Wildman–Crippen MR) is 55.5 cm³/mol. The first kappa shape index (κ1) is 13.4. The second kappa shape index (κ2) is 2.98. The van der Waals surface area contributed by atoms with E-state index >= 15 is 0 Å². The molecule has 0 atom stereocenters. The molecule has 0 aromatic heterocycles. The summed E-state index contributed by atoms with van der Waals surface area (Å²) in [5.74, 6) is -0.513. The normalized spacial score (nSPS) is 16.4. The van der Waals surface area contributed by atoms with E-state index in [0.717, 1.165) is 13.0 Å². The number of Topliss-reactive ketones (excluding diaryl/α,β-unsaturated/α-hetero) is 1. The Morgan fingerprint density at radius 1 is 1.19 bits per heavy atom. The molecule has 0 unspecified atom stereocenters. The molecule has 8 heteroatoms. The minimum absolute atomic E-state index is 0.0781. The van der Waals surface area contributed by atoms with Crippen LogP contribution in [0.1, 0.15) is 17.3 Å². The Kier molecular flexibility index (Phi) is 2.50. The fourth-order valence-electron chi connectivity index (χ4n) is 1.02. The molecule has 0 N–H and O–H groups in total. The molecule has 0 aliphatic heterocycles. The van der Waals surface area contributed by atoms with Crippen LogP contribution in [0.25, 0.3) is 0 Å². The van der Waals surface area contributed by atoms with Crippen LogP contribution in [0.15, 0.2) is 27.6 Å². The molecule has 0 radical (unpaired) electrons. The van der Waals surface area contributed by atoms with Gasteiger partial charge >= 0.3 is 10.2 Å². The summed E-state index contributed by atoms with van der Waals surface area (Å²) in [6.07, 6.45) is 0. The molecule has 0 saturated heterocycles. The lowest BCUT2D eigenvalue weighted by Crippen LogP contribution is -2.07. The van der Waals surface area contributed by atoms with Gasteiger partial charge in [-0.15, -0.1) is 0 Å². The van der Waals surface area contributed by atoms with Gasteiger partial charge in [-0.3, -0.25) is 4.79 Å². The predicted octanol–water partition coefficient (Wildman–Crippen LogP) is 5.31. The standard InChI is InChI=1S/C8H6BrF5OS/c1-5(15)7-3-2-6(4-8(7)9)16(10,11,12,13)14/h2-4H,1H3. The SMILES string of the molecule is CC(=O)c1ccc(S(F)(F)(F)(F)F)cc1Br. The van der Waals surface area contributed by atoms with Gasteiger partial charge in [0, 0.05) is 10.0 Å². The maximum Gasteiger partial charge on any atom is 0.310 e. The van der Waals surface area contributed by atoms with E-state index in [9.17, 15) is 24.2 Å². The van der Waals surface area contributed by atoms with E-state index in [-0.39, 0.29) is 22.2 Å². The van der Waals surface area contributed by atoms with E-state index in [4.69, 9.17) is 0 Å². The van der Waals surface area contributed by atoms with E-state index in [2.05, 4.69) is 15.9 Å². The average molecular weight is 325 g/mol. The highest BCUT2D eigenvalue weighted by atomic mass is 79.9. The largest absolute Gasteiger partial charge is 0.310 e. The molecule has 0 saturated carbocycles. The highest BCUT2D eigenvalue weighted by Crippen LogP contribution is 3.02. The monoisotopic (exact) mass is 324 g/mol. The van der Waals surface area contributed by atoms with Gasteiger partial charge in [-0.1, -0.05) is 35.4 Å². The molecule has 0 heterocycles. The molecule has 0 fully saturated rings. The van der Waals surface area contributed by atoms with E-state index in [1.807, 2.05) is 0 Å². The van der Waals surface area contributed by atoms with Crippen molar-refractivity contribution >= 4 is 31.9 Å². The molecule has 0 aliphatic rings. The fraction of sp³-hybridized carbons (Fsp3) is 0.125. The van der Waals surface area contributed by atoms with E-state index < -0.39 is 20.9 Å². The van der Waals surface area contributed by atoms with Crippen molar-refractivity contribution < 1.29 is 24.2 Å². The summed E-state index contributed by atoms with van der Waals surface area (Å²) < 4.78 is 61.5. The van der Waals surface area contributed by atoms with Crippen LogP contribution >= 0.6 is 26.2 Å². The third kappa shape index (κ3) is 2.94. The van der Waals surface area contributed by atoms with Crippen LogP contribution in [0.5, 0.6) is 0 Å². The molecule has 0 bridgehead atoms. The number of rotatable bonds is 2. The van der Waals surface area contributed by atoms with Gasteiger partial charge in [-0.05, 0) is 25.1 Å². The van der Waals surface area contributed by atoms with Crippen molar-refractivity contribution in [3.63, 3.8) is 0 Å². The van der Waals surface area contributed by atoms with Crippen molar-refractivity contribution in [2.24, 2.45) is 0 Å². The number of ketones is 1. The van der Waals surface area contributed by atoms with E-state index in [1.165, 1.54) is 0 Å². The summed E-state index contributed by atoms with van der Waals surface area (Å²) >= 11 is 2.65.